The summed E-state index contributed by atoms with van der Waals surface area (Å²) in [5.41, 5.74) is 0. The maximum absolute atomic E-state index is 10.8. The van der Waals surface area contributed by atoms with E-state index in [0.29, 0.717) is 19.1 Å². The SMILES string of the molecule is C=CC(=O)OCC(CC)CCCC.C=CC(=O)OCCCCC. The summed E-state index contributed by atoms with van der Waals surface area (Å²) in [7, 11) is 0. The van der Waals surface area contributed by atoms with Crippen molar-refractivity contribution < 1.29 is 19.1 Å². The fourth-order valence-electron chi connectivity index (χ4n) is 1.74. The number of unbranched alkanes of at least 4 members (excludes halogenated alkanes) is 3. The highest BCUT2D eigenvalue weighted by Gasteiger charge is 2.07. The van der Waals surface area contributed by atoms with Gasteiger partial charge in [-0.25, -0.2) is 9.59 Å². The van der Waals surface area contributed by atoms with Gasteiger partial charge in [-0.05, 0) is 18.8 Å². The van der Waals surface area contributed by atoms with Crippen molar-refractivity contribution in [2.24, 2.45) is 5.92 Å². The van der Waals surface area contributed by atoms with Crippen LogP contribution < -0.4 is 0 Å². The Labute approximate surface area is 141 Å². The van der Waals surface area contributed by atoms with Crippen LogP contribution in [0.2, 0.25) is 0 Å². The lowest BCUT2D eigenvalue weighted by molar-refractivity contribution is -0.139. The standard InChI is InChI=1S/C11H20O2.C8H14O2/c1-4-7-8-10(5-2)9-13-11(12)6-3;1-3-5-6-7-10-8(9)4-2/h6,10H,3-5,7-9H2,1-2H3;4H,2-3,5-7H2,1H3. The van der Waals surface area contributed by atoms with Crippen molar-refractivity contribution in [2.45, 2.75) is 65.7 Å². The van der Waals surface area contributed by atoms with E-state index in [4.69, 9.17) is 9.47 Å². The second-order valence-corrected chi connectivity index (χ2v) is 5.33. The van der Waals surface area contributed by atoms with E-state index in [1.54, 1.807) is 0 Å². The molecule has 0 aliphatic rings. The first-order valence-corrected chi connectivity index (χ1v) is 8.63. The number of hydrogen-bond donors (Lipinski definition) is 0. The topological polar surface area (TPSA) is 52.6 Å². The molecule has 0 amide bonds. The third kappa shape index (κ3) is 18.4. The van der Waals surface area contributed by atoms with Crippen LogP contribution in [0.15, 0.2) is 25.3 Å². The minimum Gasteiger partial charge on any atom is -0.463 e. The first kappa shape index (κ1) is 23.7. The number of carbonyl (C=O) groups is 2. The maximum Gasteiger partial charge on any atom is 0.330 e. The van der Waals surface area contributed by atoms with Crippen molar-refractivity contribution in [2.75, 3.05) is 13.2 Å². The molecular formula is C19H34O4. The Balaban J connectivity index is 0. The highest BCUT2D eigenvalue weighted by atomic mass is 16.5. The summed E-state index contributed by atoms with van der Waals surface area (Å²) in [6, 6.07) is 0. The van der Waals surface area contributed by atoms with E-state index in [1.165, 1.54) is 25.0 Å². The molecule has 4 heteroatoms. The van der Waals surface area contributed by atoms with Gasteiger partial charge in [0.25, 0.3) is 0 Å². The quantitative estimate of drug-likeness (QED) is 0.292. The molecule has 0 saturated heterocycles. The lowest BCUT2D eigenvalue weighted by atomic mass is 10.0. The van der Waals surface area contributed by atoms with Crippen LogP contribution in [0.5, 0.6) is 0 Å². The number of ether oxygens (including phenoxy) is 2. The zero-order valence-corrected chi connectivity index (χ0v) is 15.1. The Morgan fingerprint density at radius 1 is 0.913 bits per heavy atom. The van der Waals surface area contributed by atoms with E-state index in [9.17, 15) is 9.59 Å². The molecule has 0 saturated carbocycles. The van der Waals surface area contributed by atoms with E-state index >= 15 is 0 Å². The van der Waals surface area contributed by atoms with Gasteiger partial charge in [0, 0.05) is 12.2 Å². The minimum atomic E-state index is -0.323. The number of esters is 2. The second-order valence-electron chi connectivity index (χ2n) is 5.33. The van der Waals surface area contributed by atoms with E-state index in [1.807, 2.05) is 0 Å². The van der Waals surface area contributed by atoms with Crippen LogP contribution in [0, 0.1) is 5.92 Å². The van der Waals surface area contributed by atoms with E-state index in [-0.39, 0.29) is 11.9 Å². The Morgan fingerprint density at radius 3 is 1.96 bits per heavy atom. The zero-order chi connectivity index (χ0) is 17.9. The van der Waals surface area contributed by atoms with E-state index < -0.39 is 0 Å². The monoisotopic (exact) mass is 326 g/mol. The van der Waals surface area contributed by atoms with E-state index in [0.717, 1.165) is 32.1 Å². The predicted octanol–water partition coefficient (Wildman–Crippen LogP) is 4.84. The molecule has 1 atom stereocenters. The van der Waals surface area contributed by atoms with Crippen molar-refractivity contribution in [3.8, 4) is 0 Å². The van der Waals surface area contributed by atoms with Gasteiger partial charge in [0.2, 0.25) is 0 Å². The first-order chi connectivity index (χ1) is 11.0. The second kappa shape index (κ2) is 18.5. The molecule has 4 nitrogen and oxygen atoms in total. The molecule has 0 aliphatic carbocycles. The Morgan fingerprint density at radius 2 is 1.48 bits per heavy atom. The molecule has 0 fully saturated rings. The van der Waals surface area contributed by atoms with Crippen molar-refractivity contribution in [3.63, 3.8) is 0 Å². The minimum absolute atomic E-state index is 0.310. The van der Waals surface area contributed by atoms with Gasteiger partial charge in [-0.2, -0.15) is 0 Å². The summed E-state index contributed by atoms with van der Waals surface area (Å²) in [5.74, 6) is -0.116. The Bertz CT molecular complexity index is 323. The van der Waals surface area contributed by atoms with Gasteiger partial charge in [-0.3, -0.25) is 0 Å². The summed E-state index contributed by atoms with van der Waals surface area (Å²) in [4.78, 5) is 21.2. The van der Waals surface area contributed by atoms with E-state index in [2.05, 4.69) is 33.9 Å². The highest BCUT2D eigenvalue weighted by Crippen LogP contribution is 2.12. The summed E-state index contributed by atoms with van der Waals surface area (Å²) >= 11 is 0. The molecule has 0 aliphatic heterocycles. The van der Waals surface area contributed by atoms with Gasteiger partial charge in [0.1, 0.15) is 0 Å². The third-order valence-corrected chi connectivity index (χ3v) is 3.33. The average molecular weight is 326 g/mol. The molecule has 1 unspecified atom stereocenters. The lowest BCUT2D eigenvalue weighted by Gasteiger charge is -2.13. The molecule has 0 radical (unpaired) electrons. The zero-order valence-electron chi connectivity index (χ0n) is 15.1. The van der Waals surface area contributed by atoms with Gasteiger partial charge in [0.05, 0.1) is 13.2 Å². The summed E-state index contributed by atoms with van der Waals surface area (Å²) in [5, 5.41) is 0. The molecule has 0 aromatic rings. The normalized spacial score (nSPS) is 10.7. The molecule has 0 aromatic carbocycles. The number of carbonyl (C=O) groups excluding carboxylic acids is 2. The molecule has 23 heavy (non-hydrogen) atoms. The third-order valence-electron chi connectivity index (χ3n) is 3.33. The Kier molecular flexibility index (Phi) is 19.0. The van der Waals surface area contributed by atoms with Gasteiger partial charge in [-0.15, -0.1) is 0 Å². The molecule has 0 bridgehead atoms. The molecule has 0 aromatic heterocycles. The van der Waals surface area contributed by atoms with Crippen molar-refractivity contribution in [1.82, 2.24) is 0 Å². The maximum atomic E-state index is 10.8. The average Bonchev–Trinajstić information content (AvgIpc) is 2.58. The molecule has 0 N–H and O–H groups in total. The van der Waals surface area contributed by atoms with Crippen LogP contribution in [-0.4, -0.2) is 25.2 Å². The van der Waals surface area contributed by atoms with Crippen molar-refractivity contribution in [3.05, 3.63) is 25.3 Å². The predicted molar refractivity (Wildman–Crippen MR) is 95.1 cm³/mol. The van der Waals surface area contributed by atoms with Gasteiger partial charge in [-0.1, -0.05) is 66.0 Å². The van der Waals surface area contributed by atoms with Crippen molar-refractivity contribution >= 4 is 11.9 Å². The fraction of sp³-hybridized carbons (Fsp3) is 0.684. The van der Waals surface area contributed by atoms with Crippen molar-refractivity contribution in [1.29, 1.82) is 0 Å². The number of rotatable bonds is 12. The summed E-state index contributed by atoms with van der Waals surface area (Å²) in [6.07, 6.45) is 10.3. The van der Waals surface area contributed by atoms with Gasteiger partial charge < -0.3 is 9.47 Å². The molecular weight excluding hydrogens is 292 g/mol. The van der Waals surface area contributed by atoms with Crippen LogP contribution in [-0.2, 0) is 19.1 Å². The Hall–Kier alpha value is -1.58. The van der Waals surface area contributed by atoms with Crippen LogP contribution in [0.3, 0.4) is 0 Å². The van der Waals surface area contributed by atoms with Crippen LogP contribution >= 0.6 is 0 Å². The largest absolute Gasteiger partial charge is 0.463 e. The molecule has 0 spiro atoms. The van der Waals surface area contributed by atoms with Crippen LogP contribution in [0.4, 0.5) is 0 Å². The lowest BCUT2D eigenvalue weighted by Crippen LogP contribution is -2.12. The molecule has 0 rings (SSSR count). The van der Waals surface area contributed by atoms with Gasteiger partial charge >= 0.3 is 11.9 Å². The molecule has 134 valence electrons. The molecule has 0 heterocycles. The smallest absolute Gasteiger partial charge is 0.330 e. The van der Waals surface area contributed by atoms with Crippen LogP contribution in [0.25, 0.3) is 0 Å². The first-order valence-electron chi connectivity index (χ1n) is 8.63. The number of hydrogen-bond acceptors (Lipinski definition) is 4. The summed E-state index contributed by atoms with van der Waals surface area (Å²) in [6.45, 7) is 14.1. The van der Waals surface area contributed by atoms with Crippen LogP contribution in [0.1, 0.15) is 65.7 Å². The fourth-order valence-corrected chi connectivity index (χ4v) is 1.74. The summed E-state index contributed by atoms with van der Waals surface area (Å²) < 4.78 is 9.72. The van der Waals surface area contributed by atoms with Gasteiger partial charge in [0.15, 0.2) is 0 Å². The highest BCUT2D eigenvalue weighted by molar-refractivity contribution is 5.81.